The number of hydrogen-bond donors (Lipinski definition) is 1. The summed E-state index contributed by atoms with van der Waals surface area (Å²) in [5.74, 6) is -0.294. The van der Waals surface area contributed by atoms with Gasteiger partial charge in [-0.05, 0) is 53.6 Å². The van der Waals surface area contributed by atoms with Crippen molar-refractivity contribution in [2.75, 3.05) is 18.0 Å². The zero-order valence-corrected chi connectivity index (χ0v) is 24.8. The van der Waals surface area contributed by atoms with E-state index >= 15 is 0 Å². The Labute approximate surface area is 249 Å². The van der Waals surface area contributed by atoms with E-state index in [2.05, 4.69) is 21.2 Å². The summed E-state index contributed by atoms with van der Waals surface area (Å²) in [7, 11) is 0. The summed E-state index contributed by atoms with van der Waals surface area (Å²) >= 11 is 3.48. The lowest BCUT2D eigenvalue weighted by Gasteiger charge is -2.32. The molecule has 4 aromatic rings. The molecular formula is C34H34BrN3O3. The maximum atomic E-state index is 13.9. The quantitative estimate of drug-likeness (QED) is 0.198. The van der Waals surface area contributed by atoms with Gasteiger partial charge in [0.25, 0.3) is 5.91 Å². The van der Waals surface area contributed by atoms with Crippen LogP contribution in [0.5, 0.6) is 0 Å². The van der Waals surface area contributed by atoms with Gasteiger partial charge in [-0.2, -0.15) is 0 Å². The fraction of sp³-hybridized carbons (Fsp3) is 0.265. The minimum Gasteiger partial charge on any atom is -0.354 e. The summed E-state index contributed by atoms with van der Waals surface area (Å²) < 4.78 is 0.951. The molecular weight excluding hydrogens is 578 g/mol. The van der Waals surface area contributed by atoms with Crippen molar-refractivity contribution in [3.63, 3.8) is 0 Å². The molecule has 1 aliphatic rings. The number of halogens is 1. The lowest BCUT2D eigenvalue weighted by atomic mass is 10.0. The van der Waals surface area contributed by atoms with Gasteiger partial charge < -0.3 is 15.1 Å². The lowest BCUT2D eigenvalue weighted by molar-refractivity contribution is -0.141. The second-order valence-electron chi connectivity index (χ2n) is 10.4. The van der Waals surface area contributed by atoms with Gasteiger partial charge in [-0.1, -0.05) is 89.6 Å². The third-order valence-electron chi connectivity index (χ3n) is 7.51. The Bertz CT molecular complexity index is 1530. The molecule has 0 aliphatic carbocycles. The van der Waals surface area contributed by atoms with Crippen LogP contribution in [0.1, 0.15) is 47.7 Å². The van der Waals surface area contributed by atoms with E-state index in [9.17, 15) is 14.4 Å². The summed E-state index contributed by atoms with van der Waals surface area (Å²) in [5.41, 5.74) is 3.53. The van der Waals surface area contributed by atoms with Crippen molar-refractivity contribution in [3.05, 3.63) is 112 Å². The summed E-state index contributed by atoms with van der Waals surface area (Å²) in [5, 5.41) is 5.03. The van der Waals surface area contributed by atoms with Gasteiger partial charge in [-0.3, -0.25) is 14.4 Å². The number of anilines is 1. The van der Waals surface area contributed by atoms with Crippen molar-refractivity contribution in [1.29, 1.82) is 0 Å². The largest absolute Gasteiger partial charge is 0.354 e. The monoisotopic (exact) mass is 611 g/mol. The maximum absolute atomic E-state index is 13.9. The Hall–Kier alpha value is -3.97. The molecule has 0 saturated carbocycles. The van der Waals surface area contributed by atoms with E-state index in [1.54, 1.807) is 9.80 Å². The fourth-order valence-electron chi connectivity index (χ4n) is 5.44. The number of carbonyl (C=O) groups is 3. The number of benzene rings is 4. The zero-order chi connectivity index (χ0) is 28.8. The standard InChI is InChI=1S/C34H34BrN3O3/c1-2-20-36-33(40)30(22-24-9-4-3-5-10-24)38(23-25-16-18-27(35)19-17-25)31(39)15-8-21-37-29-14-7-12-26-11-6-13-28(32(26)29)34(37)41/h3-7,9-14,16-19,30H,2,8,15,20-23H2,1H3,(H,36,40). The van der Waals surface area contributed by atoms with Crippen LogP contribution in [0.2, 0.25) is 0 Å². The average Bonchev–Trinajstić information content (AvgIpc) is 3.27. The number of nitrogens with one attached hydrogen (secondary N) is 1. The van der Waals surface area contributed by atoms with Crippen LogP contribution in [0.3, 0.4) is 0 Å². The number of carbonyl (C=O) groups excluding carboxylic acids is 3. The van der Waals surface area contributed by atoms with Gasteiger partial charge in [0.15, 0.2) is 0 Å². The highest BCUT2D eigenvalue weighted by atomic mass is 79.9. The van der Waals surface area contributed by atoms with Crippen LogP contribution >= 0.6 is 15.9 Å². The summed E-state index contributed by atoms with van der Waals surface area (Å²) in [6.07, 6.45) is 1.93. The molecule has 0 fully saturated rings. The number of hydrogen-bond acceptors (Lipinski definition) is 3. The van der Waals surface area contributed by atoms with Crippen LogP contribution in [-0.4, -0.2) is 41.8 Å². The molecule has 0 radical (unpaired) electrons. The second kappa shape index (κ2) is 13.1. The second-order valence-corrected chi connectivity index (χ2v) is 11.3. The number of amides is 3. The molecule has 6 nitrogen and oxygen atoms in total. The molecule has 0 saturated heterocycles. The molecule has 0 bridgehead atoms. The topological polar surface area (TPSA) is 69.7 Å². The molecule has 7 heteroatoms. The molecule has 1 aliphatic heterocycles. The van der Waals surface area contributed by atoms with Crippen molar-refractivity contribution in [3.8, 4) is 0 Å². The minimum absolute atomic E-state index is 0.0307. The van der Waals surface area contributed by atoms with E-state index in [1.165, 1.54) is 0 Å². The number of rotatable bonds is 12. The molecule has 0 spiro atoms. The van der Waals surface area contributed by atoms with Crippen LogP contribution in [0, 0.1) is 0 Å². The van der Waals surface area contributed by atoms with Crippen LogP contribution < -0.4 is 10.2 Å². The first kappa shape index (κ1) is 28.6. The van der Waals surface area contributed by atoms with Gasteiger partial charge >= 0.3 is 0 Å². The van der Waals surface area contributed by atoms with Crippen molar-refractivity contribution in [1.82, 2.24) is 10.2 Å². The van der Waals surface area contributed by atoms with Crippen molar-refractivity contribution in [2.24, 2.45) is 0 Å². The van der Waals surface area contributed by atoms with Crippen LogP contribution in [0.15, 0.2) is 95.5 Å². The molecule has 1 N–H and O–H groups in total. The van der Waals surface area contributed by atoms with Gasteiger partial charge in [0, 0.05) is 47.9 Å². The predicted octanol–water partition coefficient (Wildman–Crippen LogP) is 6.51. The highest BCUT2D eigenvalue weighted by molar-refractivity contribution is 9.10. The third kappa shape index (κ3) is 6.51. The average molecular weight is 613 g/mol. The zero-order valence-electron chi connectivity index (χ0n) is 23.2. The normalized spacial score (nSPS) is 12.9. The molecule has 1 heterocycles. The number of nitrogens with zero attached hydrogens (tertiary/aromatic N) is 2. The van der Waals surface area contributed by atoms with Crippen molar-refractivity contribution < 1.29 is 14.4 Å². The van der Waals surface area contributed by atoms with Gasteiger partial charge in [0.05, 0.1) is 5.69 Å². The first-order chi connectivity index (χ1) is 20.0. The molecule has 3 amide bonds. The van der Waals surface area contributed by atoms with Crippen molar-refractivity contribution >= 4 is 50.1 Å². The SMILES string of the molecule is CCCNC(=O)C(Cc1ccccc1)N(Cc1ccc(Br)cc1)C(=O)CCCN1C(=O)c2cccc3cccc1c23. The van der Waals surface area contributed by atoms with Gasteiger partial charge in [0.2, 0.25) is 11.8 Å². The highest BCUT2D eigenvalue weighted by Crippen LogP contribution is 2.37. The smallest absolute Gasteiger partial charge is 0.258 e. The molecule has 210 valence electrons. The van der Waals surface area contributed by atoms with E-state index in [0.717, 1.165) is 38.5 Å². The molecule has 0 aromatic heterocycles. The highest BCUT2D eigenvalue weighted by Gasteiger charge is 2.32. The predicted molar refractivity (Wildman–Crippen MR) is 167 cm³/mol. The lowest BCUT2D eigenvalue weighted by Crippen LogP contribution is -2.50. The van der Waals surface area contributed by atoms with E-state index < -0.39 is 6.04 Å². The van der Waals surface area contributed by atoms with Gasteiger partial charge in [-0.25, -0.2) is 0 Å². The van der Waals surface area contributed by atoms with Gasteiger partial charge in [-0.15, -0.1) is 0 Å². The van der Waals surface area contributed by atoms with E-state index in [0.29, 0.717) is 38.0 Å². The molecule has 4 aromatic carbocycles. The Balaban J connectivity index is 1.36. The molecule has 5 rings (SSSR count). The first-order valence-electron chi connectivity index (χ1n) is 14.2. The molecule has 1 unspecified atom stereocenters. The Morgan fingerprint density at radius 2 is 1.63 bits per heavy atom. The fourth-order valence-corrected chi connectivity index (χ4v) is 5.70. The van der Waals surface area contributed by atoms with E-state index in [4.69, 9.17) is 0 Å². The molecule has 41 heavy (non-hydrogen) atoms. The van der Waals surface area contributed by atoms with E-state index in [1.807, 2.05) is 97.9 Å². The molecule has 1 atom stereocenters. The Kier molecular flexibility index (Phi) is 9.14. The summed E-state index contributed by atoms with van der Waals surface area (Å²) in [6, 6.07) is 28.7. The first-order valence-corrected chi connectivity index (χ1v) is 14.9. The van der Waals surface area contributed by atoms with Crippen molar-refractivity contribution in [2.45, 2.75) is 45.2 Å². The van der Waals surface area contributed by atoms with Gasteiger partial charge in [0.1, 0.15) is 6.04 Å². The summed E-state index contributed by atoms with van der Waals surface area (Å²) in [6.45, 7) is 3.30. The Morgan fingerprint density at radius 1 is 0.902 bits per heavy atom. The maximum Gasteiger partial charge on any atom is 0.258 e. The van der Waals surface area contributed by atoms with Crippen LogP contribution in [0.4, 0.5) is 5.69 Å². The van der Waals surface area contributed by atoms with Crippen LogP contribution in [0.25, 0.3) is 10.8 Å². The van der Waals surface area contributed by atoms with E-state index in [-0.39, 0.29) is 24.1 Å². The minimum atomic E-state index is -0.661. The van der Waals surface area contributed by atoms with Crippen LogP contribution in [-0.2, 0) is 22.6 Å². The third-order valence-corrected chi connectivity index (χ3v) is 8.04. The summed E-state index contributed by atoms with van der Waals surface area (Å²) in [4.78, 5) is 44.1. The Morgan fingerprint density at radius 3 is 2.37 bits per heavy atom.